The van der Waals surface area contributed by atoms with Crippen molar-refractivity contribution in [3.05, 3.63) is 63.2 Å². The summed E-state index contributed by atoms with van der Waals surface area (Å²) in [5, 5.41) is 4.26. The summed E-state index contributed by atoms with van der Waals surface area (Å²) in [6.07, 6.45) is 2.26. The number of benzene rings is 1. The van der Waals surface area contributed by atoms with Crippen molar-refractivity contribution in [2.75, 3.05) is 18.7 Å². The Bertz CT molecular complexity index is 1320. The third-order valence-corrected chi connectivity index (χ3v) is 7.20. The van der Waals surface area contributed by atoms with Gasteiger partial charge in [-0.2, -0.15) is 0 Å². The summed E-state index contributed by atoms with van der Waals surface area (Å²) in [5.41, 5.74) is 0.695. The Morgan fingerprint density at radius 3 is 2.65 bits per heavy atom. The van der Waals surface area contributed by atoms with E-state index < -0.39 is 26.6 Å². The van der Waals surface area contributed by atoms with E-state index >= 15 is 0 Å². The van der Waals surface area contributed by atoms with Gasteiger partial charge in [0.1, 0.15) is 0 Å². The van der Waals surface area contributed by atoms with E-state index in [-0.39, 0.29) is 17.2 Å². The van der Waals surface area contributed by atoms with Gasteiger partial charge >= 0.3 is 5.97 Å². The Labute approximate surface area is 183 Å². The lowest BCUT2D eigenvalue weighted by Gasteiger charge is -2.24. The maximum absolute atomic E-state index is 12.5. The van der Waals surface area contributed by atoms with Gasteiger partial charge in [-0.15, -0.1) is 0 Å². The lowest BCUT2D eigenvalue weighted by Crippen LogP contribution is -2.42. The van der Waals surface area contributed by atoms with Gasteiger partial charge in [0.25, 0.3) is 5.56 Å². The number of rotatable bonds is 6. The number of nitrogens with one attached hydrogen (secondary N) is 2. The maximum Gasteiger partial charge on any atom is 0.333 e. The van der Waals surface area contributed by atoms with E-state index in [4.69, 9.17) is 16.3 Å². The Morgan fingerprint density at radius 2 is 2.00 bits per heavy atom. The molecule has 2 atom stereocenters. The van der Waals surface area contributed by atoms with Crippen LogP contribution in [-0.4, -0.2) is 42.7 Å². The number of carbonyl (C=O) groups excluding carboxylic acids is 1. The molecule has 0 amide bonds. The largest absolute Gasteiger partial charge is 0.468 e. The molecule has 11 heteroatoms. The molecule has 0 saturated carbocycles. The van der Waals surface area contributed by atoms with E-state index in [0.717, 1.165) is 18.8 Å². The van der Waals surface area contributed by atoms with Gasteiger partial charge in [-0.05, 0) is 44.2 Å². The van der Waals surface area contributed by atoms with E-state index in [0.29, 0.717) is 16.1 Å². The lowest BCUT2D eigenvalue weighted by atomic mass is 10.1. The standard InChI is InChI=1S/C20H21ClN4O5S/c1-11(14-10-12-9-13(21)5-6-15(12)24-17(14)26)23-19-22-8-7-16(25-19)20(2,18(27)30-3)31(4,28)29/h5-11H,1-4H3,(H,24,26)(H,22,23,25). The fraction of sp³-hybridized carbons (Fsp3) is 0.300. The Kier molecular flexibility index (Phi) is 6.06. The van der Waals surface area contributed by atoms with Crippen molar-refractivity contribution in [3.8, 4) is 0 Å². The number of H-pyrrole nitrogens is 1. The number of methoxy groups -OCH3 is 1. The van der Waals surface area contributed by atoms with E-state index in [1.165, 1.54) is 19.2 Å². The van der Waals surface area contributed by atoms with E-state index in [2.05, 4.69) is 20.3 Å². The average molecular weight is 465 g/mol. The first-order valence-corrected chi connectivity index (χ1v) is 11.4. The summed E-state index contributed by atoms with van der Waals surface area (Å²) < 4.78 is 27.4. The number of aromatic nitrogens is 3. The fourth-order valence-electron chi connectivity index (χ4n) is 3.12. The summed E-state index contributed by atoms with van der Waals surface area (Å²) in [7, 11) is -2.82. The molecule has 2 heterocycles. The molecule has 0 saturated heterocycles. The van der Waals surface area contributed by atoms with Gasteiger partial charge in [-0.3, -0.25) is 4.79 Å². The van der Waals surface area contributed by atoms with Crippen LogP contribution in [0.4, 0.5) is 5.95 Å². The Morgan fingerprint density at radius 1 is 1.29 bits per heavy atom. The summed E-state index contributed by atoms with van der Waals surface area (Å²) in [5.74, 6) is -0.912. The first-order valence-electron chi connectivity index (χ1n) is 9.18. The number of halogens is 1. The SMILES string of the molecule is COC(=O)C(C)(c1ccnc(NC(C)c2cc3cc(Cl)ccc3[nH]c2=O)n1)S(C)(=O)=O. The summed E-state index contributed by atoms with van der Waals surface area (Å²) in [4.78, 5) is 35.9. The number of aromatic amines is 1. The summed E-state index contributed by atoms with van der Waals surface area (Å²) in [6.45, 7) is 2.95. The molecule has 2 N–H and O–H groups in total. The minimum Gasteiger partial charge on any atom is -0.468 e. The van der Waals surface area contributed by atoms with Crippen molar-refractivity contribution in [1.29, 1.82) is 0 Å². The molecule has 3 aromatic rings. The van der Waals surface area contributed by atoms with Gasteiger partial charge in [0.15, 0.2) is 9.84 Å². The van der Waals surface area contributed by atoms with Crippen molar-refractivity contribution < 1.29 is 17.9 Å². The molecular formula is C20H21ClN4O5S. The molecule has 0 aliphatic rings. The number of nitrogens with zero attached hydrogens (tertiary/aromatic N) is 2. The maximum atomic E-state index is 12.5. The van der Waals surface area contributed by atoms with Gasteiger partial charge in [0, 0.05) is 33.9 Å². The van der Waals surface area contributed by atoms with Crippen LogP contribution >= 0.6 is 11.6 Å². The topological polar surface area (TPSA) is 131 Å². The first-order chi connectivity index (χ1) is 14.5. The number of ether oxygens (including phenoxy) is 1. The molecule has 164 valence electrons. The molecule has 0 aliphatic carbocycles. The molecule has 9 nitrogen and oxygen atoms in total. The van der Waals surface area contributed by atoms with Gasteiger partial charge in [0.2, 0.25) is 10.7 Å². The molecule has 0 fully saturated rings. The smallest absolute Gasteiger partial charge is 0.333 e. The highest BCUT2D eigenvalue weighted by Gasteiger charge is 2.48. The number of hydrogen-bond donors (Lipinski definition) is 2. The second-order valence-corrected chi connectivity index (χ2v) is 10.0. The lowest BCUT2D eigenvalue weighted by molar-refractivity contribution is -0.143. The van der Waals surface area contributed by atoms with Crippen molar-refractivity contribution >= 4 is 44.3 Å². The van der Waals surface area contributed by atoms with Crippen molar-refractivity contribution in [2.45, 2.75) is 24.6 Å². The highest BCUT2D eigenvalue weighted by Crippen LogP contribution is 2.30. The zero-order valence-corrected chi connectivity index (χ0v) is 18.8. The van der Waals surface area contributed by atoms with Gasteiger partial charge in [-0.1, -0.05) is 11.6 Å². The minimum atomic E-state index is -3.92. The molecule has 0 aliphatic heterocycles. The third kappa shape index (κ3) is 4.26. The fourth-order valence-corrected chi connectivity index (χ4v) is 4.18. The minimum absolute atomic E-state index is 0.0502. The van der Waals surface area contributed by atoms with Gasteiger partial charge in [0.05, 0.1) is 18.8 Å². The number of hydrogen-bond acceptors (Lipinski definition) is 8. The highest BCUT2D eigenvalue weighted by atomic mass is 35.5. The zero-order valence-electron chi connectivity index (χ0n) is 17.3. The quantitative estimate of drug-likeness (QED) is 0.532. The van der Waals surface area contributed by atoms with Crippen molar-refractivity contribution in [3.63, 3.8) is 0 Å². The molecule has 0 radical (unpaired) electrons. The molecule has 2 unspecified atom stereocenters. The normalized spacial score (nSPS) is 14.6. The van der Waals surface area contributed by atoms with Gasteiger partial charge in [-0.25, -0.2) is 23.2 Å². The van der Waals surface area contributed by atoms with Crippen LogP contribution in [0.5, 0.6) is 0 Å². The molecule has 2 aromatic heterocycles. The second-order valence-electron chi connectivity index (χ2n) is 7.21. The van der Waals surface area contributed by atoms with Crippen LogP contribution in [0.3, 0.4) is 0 Å². The number of sulfone groups is 1. The number of anilines is 1. The molecule has 0 spiro atoms. The molecule has 3 rings (SSSR count). The predicted molar refractivity (Wildman–Crippen MR) is 118 cm³/mol. The third-order valence-electron chi connectivity index (χ3n) is 5.11. The highest BCUT2D eigenvalue weighted by molar-refractivity contribution is 7.92. The Hall–Kier alpha value is -2.98. The van der Waals surface area contributed by atoms with E-state index in [9.17, 15) is 18.0 Å². The predicted octanol–water partition coefficient (Wildman–Crippen LogP) is 2.58. The van der Waals surface area contributed by atoms with Crippen LogP contribution in [-0.2, 0) is 24.1 Å². The van der Waals surface area contributed by atoms with Crippen LogP contribution in [0.1, 0.15) is 31.1 Å². The van der Waals surface area contributed by atoms with Gasteiger partial charge < -0.3 is 15.0 Å². The van der Waals surface area contributed by atoms with Crippen LogP contribution in [0, 0.1) is 0 Å². The molecule has 31 heavy (non-hydrogen) atoms. The molecule has 1 aromatic carbocycles. The zero-order chi connectivity index (χ0) is 23.0. The molecular weight excluding hydrogens is 444 g/mol. The van der Waals surface area contributed by atoms with Crippen LogP contribution < -0.4 is 10.9 Å². The average Bonchev–Trinajstić information content (AvgIpc) is 2.71. The van der Waals surface area contributed by atoms with Crippen LogP contribution in [0.25, 0.3) is 10.9 Å². The summed E-state index contributed by atoms with van der Waals surface area (Å²) in [6, 6.07) is 7.63. The van der Waals surface area contributed by atoms with Crippen molar-refractivity contribution in [1.82, 2.24) is 15.0 Å². The number of pyridine rings is 1. The second kappa shape index (κ2) is 8.27. The first kappa shape index (κ1) is 22.7. The van der Waals surface area contributed by atoms with Crippen molar-refractivity contribution in [2.24, 2.45) is 0 Å². The number of fused-ring (bicyclic) bond motifs is 1. The van der Waals surface area contributed by atoms with E-state index in [1.807, 2.05) is 0 Å². The monoisotopic (exact) mass is 464 g/mol. The van der Waals surface area contributed by atoms with E-state index in [1.54, 1.807) is 31.2 Å². The Balaban J connectivity index is 1.99. The van der Waals surface area contributed by atoms with Crippen LogP contribution in [0.15, 0.2) is 41.3 Å². The molecule has 0 bridgehead atoms. The van der Waals surface area contributed by atoms with Crippen LogP contribution in [0.2, 0.25) is 5.02 Å². The summed E-state index contributed by atoms with van der Waals surface area (Å²) >= 11 is 6.04. The number of esters is 1. The number of carbonyl (C=O) groups is 1.